The molecule has 12 heteroatoms. The number of nitro groups is 1. The molecule has 0 spiro atoms. The molecule has 0 radical (unpaired) electrons. The van der Waals surface area contributed by atoms with Crippen LogP contribution >= 0.6 is 27.5 Å². The third-order valence-corrected chi connectivity index (χ3v) is 7.39. The summed E-state index contributed by atoms with van der Waals surface area (Å²) in [5, 5.41) is 16.2. The van der Waals surface area contributed by atoms with Gasteiger partial charge in [0.15, 0.2) is 5.76 Å². The molecule has 2 heterocycles. The van der Waals surface area contributed by atoms with E-state index in [0.717, 1.165) is 22.6 Å². The van der Waals surface area contributed by atoms with Gasteiger partial charge in [-0.15, -0.1) is 0 Å². The molecule has 3 aromatic carbocycles. The fourth-order valence-corrected chi connectivity index (χ4v) is 5.12. The minimum atomic E-state index is -0.592. The van der Waals surface area contributed by atoms with Gasteiger partial charge in [-0.25, -0.2) is 5.43 Å². The predicted molar refractivity (Wildman–Crippen MR) is 170 cm³/mol. The van der Waals surface area contributed by atoms with E-state index in [0.29, 0.717) is 26.6 Å². The van der Waals surface area contributed by atoms with Crippen LogP contribution in [0.1, 0.15) is 38.8 Å². The van der Waals surface area contributed by atoms with Gasteiger partial charge in [0.25, 0.3) is 0 Å². The molecule has 2 aromatic heterocycles. The van der Waals surface area contributed by atoms with Crippen molar-refractivity contribution in [3.05, 3.63) is 139 Å². The molecule has 0 atom stereocenters. The van der Waals surface area contributed by atoms with Gasteiger partial charge in [-0.1, -0.05) is 23.7 Å². The first-order chi connectivity index (χ1) is 21.2. The standard InChI is InChI=1S/C32H26BrClN4O6/c1-20-3-4-21(2)37(20)25-9-11-26(12-10-25)42-19-27-13-14-30(44-27)32(39)36-35-17-23-15-28(33)31(29(16-23)38(40)41)43-18-22-5-7-24(34)8-6-22/h3-17H,18-19H2,1-2H3,(H,36,39)/b35-17+. The Kier molecular flexibility index (Phi) is 9.47. The van der Waals surface area contributed by atoms with Gasteiger partial charge < -0.3 is 18.5 Å². The number of benzene rings is 3. The number of aryl methyl sites for hydroxylation is 2. The van der Waals surface area contributed by atoms with Gasteiger partial charge >= 0.3 is 11.6 Å². The number of rotatable bonds is 11. The zero-order chi connectivity index (χ0) is 31.2. The Balaban J connectivity index is 1.16. The Morgan fingerprint density at radius 2 is 1.70 bits per heavy atom. The number of nitrogens with one attached hydrogen (secondary N) is 1. The number of carbonyl (C=O) groups excluding carboxylic acids is 1. The molecule has 10 nitrogen and oxygen atoms in total. The lowest BCUT2D eigenvalue weighted by atomic mass is 10.2. The molecule has 5 rings (SSSR count). The molecule has 0 fully saturated rings. The van der Waals surface area contributed by atoms with Crippen molar-refractivity contribution in [2.75, 3.05) is 0 Å². The number of hydrazone groups is 1. The number of nitro benzene ring substituents is 1. The first-order valence-corrected chi connectivity index (χ1v) is 14.5. The van der Waals surface area contributed by atoms with Crippen LogP contribution in [0.5, 0.6) is 11.5 Å². The first kappa shape index (κ1) is 30.6. The summed E-state index contributed by atoms with van der Waals surface area (Å²) in [6, 6.07) is 24.8. The fourth-order valence-electron chi connectivity index (χ4n) is 4.41. The van der Waals surface area contributed by atoms with E-state index in [1.165, 1.54) is 18.3 Å². The molecule has 1 N–H and O–H groups in total. The third kappa shape index (κ3) is 7.36. The van der Waals surface area contributed by atoms with Crippen molar-refractivity contribution in [2.45, 2.75) is 27.1 Å². The molecule has 224 valence electrons. The second-order valence-corrected chi connectivity index (χ2v) is 11.0. The number of nitrogens with zero attached hydrogens (tertiary/aromatic N) is 3. The van der Waals surface area contributed by atoms with E-state index >= 15 is 0 Å². The van der Waals surface area contributed by atoms with Crippen LogP contribution in [0.2, 0.25) is 5.02 Å². The SMILES string of the molecule is Cc1ccc(C)n1-c1ccc(OCc2ccc(C(=O)N/N=C/c3cc(Br)c(OCc4ccc(Cl)cc4)c([N+](=O)[O-])c3)o2)cc1. The van der Waals surface area contributed by atoms with Crippen molar-refractivity contribution in [1.29, 1.82) is 0 Å². The Bertz CT molecular complexity index is 1810. The van der Waals surface area contributed by atoms with Gasteiger partial charge in [-0.05, 0) is 102 Å². The molecule has 1 amide bonds. The Morgan fingerprint density at radius 3 is 2.39 bits per heavy atom. The summed E-state index contributed by atoms with van der Waals surface area (Å²) in [6.45, 7) is 4.34. The van der Waals surface area contributed by atoms with Gasteiger partial charge in [0, 0.05) is 33.7 Å². The molecule has 0 aliphatic carbocycles. The topological polar surface area (TPSA) is 121 Å². The van der Waals surface area contributed by atoms with E-state index in [4.69, 9.17) is 25.5 Å². The lowest BCUT2D eigenvalue weighted by molar-refractivity contribution is -0.386. The third-order valence-electron chi connectivity index (χ3n) is 6.55. The minimum Gasteiger partial charge on any atom is -0.486 e. The highest BCUT2D eigenvalue weighted by Gasteiger charge is 2.20. The number of aromatic nitrogens is 1. The van der Waals surface area contributed by atoms with Crippen LogP contribution in [-0.2, 0) is 13.2 Å². The summed E-state index contributed by atoms with van der Waals surface area (Å²) in [4.78, 5) is 23.7. The van der Waals surface area contributed by atoms with Crippen molar-refractivity contribution in [3.8, 4) is 17.2 Å². The van der Waals surface area contributed by atoms with Crippen LogP contribution in [0.25, 0.3) is 5.69 Å². The maximum Gasteiger partial charge on any atom is 0.312 e. The van der Waals surface area contributed by atoms with E-state index < -0.39 is 10.8 Å². The van der Waals surface area contributed by atoms with Crippen LogP contribution in [0, 0.1) is 24.0 Å². The lowest BCUT2D eigenvalue weighted by Crippen LogP contribution is -2.16. The Labute approximate surface area is 266 Å². The van der Waals surface area contributed by atoms with Crippen LogP contribution in [-0.4, -0.2) is 21.6 Å². The number of furan rings is 1. The van der Waals surface area contributed by atoms with Crippen molar-refractivity contribution in [2.24, 2.45) is 5.10 Å². The van der Waals surface area contributed by atoms with Crippen LogP contribution in [0.15, 0.2) is 98.9 Å². The molecule has 0 saturated heterocycles. The van der Waals surface area contributed by atoms with Crippen LogP contribution in [0.4, 0.5) is 5.69 Å². The number of hydrogen-bond donors (Lipinski definition) is 1. The van der Waals surface area contributed by atoms with Crippen LogP contribution < -0.4 is 14.9 Å². The van der Waals surface area contributed by atoms with Gasteiger partial charge in [0.1, 0.15) is 24.7 Å². The largest absolute Gasteiger partial charge is 0.486 e. The van der Waals surface area contributed by atoms with Gasteiger partial charge in [-0.3, -0.25) is 14.9 Å². The molecule has 5 aromatic rings. The molecular formula is C32H26BrClN4O6. The summed E-state index contributed by atoms with van der Waals surface area (Å²) in [6.07, 6.45) is 1.28. The normalized spacial score (nSPS) is 11.1. The van der Waals surface area contributed by atoms with Gasteiger partial charge in [-0.2, -0.15) is 5.10 Å². The number of ether oxygens (including phenoxy) is 2. The lowest BCUT2D eigenvalue weighted by Gasteiger charge is -2.10. The molecule has 0 bridgehead atoms. The van der Waals surface area contributed by atoms with Crippen molar-refractivity contribution in [1.82, 2.24) is 9.99 Å². The highest BCUT2D eigenvalue weighted by Crippen LogP contribution is 2.36. The maximum absolute atomic E-state index is 12.6. The average Bonchev–Trinajstić information content (AvgIpc) is 3.62. The van der Waals surface area contributed by atoms with Gasteiger partial charge in [0.05, 0.1) is 15.6 Å². The Hall–Kier alpha value is -4.87. The molecule has 0 unspecified atom stereocenters. The second kappa shape index (κ2) is 13.6. The summed E-state index contributed by atoms with van der Waals surface area (Å²) in [5.41, 5.74) is 6.59. The molecule has 0 aliphatic heterocycles. The molecule has 0 saturated carbocycles. The maximum atomic E-state index is 12.6. The van der Waals surface area contributed by atoms with E-state index in [1.54, 1.807) is 36.4 Å². The molecule has 0 aliphatic rings. The first-order valence-electron chi connectivity index (χ1n) is 13.3. The zero-order valence-electron chi connectivity index (χ0n) is 23.6. The highest BCUT2D eigenvalue weighted by atomic mass is 79.9. The second-order valence-electron chi connectivity index (χ2n) is 9.72. The summed E-state index contributed by atoms with van der Waals surface area (Å²) < 4.78 is 19.6. The predicted octanol–water partition coefficient (Wildman–Crippen LogP) is 7.93. The monoisotopic (exact) mass is 676 g/mol. The minimum absolute atomic E-state index is 0.0350. The van der Waals surface area contributed by atoms with E-state index in [9.17, 15) is 14.9 Å². The van der Waals surface area contributed by atoms with Crippen molar-refractivity contribution >= 4 is 45.3 Å². The fraction of sp³-hybridized carbons (Fsp3) is 0.125. The van der Waals surface area contributed by atoms with E-state index in [1.807, 2.05) is 24.3 Å². The number of amides is 1. The van der Waals surface area contributed by atoms with Crippen molar-refractivity contribution < 1.29 is 23.6 Å². The average molecular weight is 678 g/mol. The zero-order valence-corrected chi connectivity index (χ0v) is 26.0. The van der Waals surface area contributed by atoms with Crippen LogP contribution in [0.3, 0.4) is 0 Å². The Morgan fingerprint density at radius 1 is 1.00 bits per heavy atom. The van der Waals surface area contributed by atoms with Gasteiger partial charge in [0.2, 0.25) is 5.75 Å². The molecular weight excluding hydrogens is 652 g/mol. The smallest absolute Gasteiger partial charge is 0.312 e. The number of carbonyl (C=O) groups is 1. The number of hydrogen-bond acceptors (Lipinski definition) is 7. The number of halogens is 2. The van der Waals surface area contributed by atoms with Crippen molar-refractivity contribution in [3.63, 3.8) is 0 Å². The summed E-state index contributed by atoms with van der Waals surface area (Å²) >= 11 is 9.24. The summed E-state index contributed by atoms with van der Waals surface area (Å²) in [7, 11) is 0. The van der Waals surface area contributed by atoms with E-state index in [-0.39, 0.29) is 30.4 Å². The van der Waals surface area contributed by atoms with E-state index in [2.05, 4.69) is 57.0 Å². The highest BCUT2D eigenvalue weighted by molar-refractivity contribution is 9.10. The molecule has 44 heavy (non-hydrogen) atoms. The summed E-state index contributed by atoms with van der Waals surface area (Å²) in [5.74, 6) is 0.621. The quantitative estimate of drug-likeness (QED) is 0.0861.